The van der Waals surface area contributed by atoms with E-state index < -0.39 is 0 Å². The van der Waals surface area contributed by atoms with Crippen LogP contribution in [0.3, 0.4) is 0 Å². The lowest BCUT2D eigenvalue weighted by molar-refractivity contribution is 0.0952. The van der Waals surface area contributed by atoms with E-state index in [0.717, 1.165) is 44.2 Å². The normalized spacial score (nSPS) is 12.9. The Morgan fingerprint density at radius 2 is 1.84 bits per heavy atom. The SMILES string of the molecule is NNc1ccc(C(=O)NCCCCCNc2c3c(nc4ccccc24)CCCC3)cn1. The van der Waals surface area contributed by atoms with Gasteiger partial charge < -0.3 is 16.1 Å². The predicted octanol–water partition coefficient (Wildman–Crippen LogP) is 3.81. The topological polar surface area (TPSA) is 105 Å². The molecule has 0 unspecified atom stereocenters. The first-order valence-corrected chi connectivity index (χ1v) is 11.1. The molecule has 7 heteroatoms. The predicted molar refractivity (Wildman–Crippen MR) is 125 cm³/mol. The first kappa shape index (κ1) is 21.1. The van der Waals surface area contributed by atoms with Gasteiger partial charge in [0.1, 0.15) is 5.82 Å². The van der Waals surface area contributed by atoms with Crippen molar-refractivity contribution in [3.8, 4) is 0 Å². The average Bonchev–Trinajstić information content (AvgIpc) is 2.82. The van der Waals surface area contributed by atoms with Crippen molar-refractivity contribution in [2.75, 3.05) is 23.8 Å². The average molecular weight is 419 g/mol. The largest absolute Gasteiger partial charge is 0.384 e. The quantitative estimate of drug-likeness (QED) is 0.239. The fourth-order valence-electron chi connectivity index (χ4n) is 4.13. The molecular weight excluding hydrogens is 388 g/mol. The second-order valence-corrected chi connectivity index (χ2v) is 7.96. The summed E-state index contributed by atoms with van der Waals surface area (Å²) in [7, 11) is 0. The van der Waals surface area contributed by atoms with Crippen LogP contribution in [0.5, 0.6) is 0 Å². The van der Waals surface area contributed by atoms with Gasteiger partial charge in [-0.25, -0.2) is 10.8 Å². The molecule has 5 N–H and O–H groups in total. The molecule has 2 aromatic heterocycles. The van der Waals surface area contributed by atoms with Crippen molar-refractivity contribution in [1.82, 2.24) is 15.3 Å². The van der Waals surface area contributed by atoms with Gasteiger partial charge in [-0.05, 0) is 68.7 Å². The molecule has 0 saturated heterocycles. The Labute approximate surface area is 182 Å². The van der Waals surface area contributed by atoms with E-state index in [1.165, 1.54) is 41.4 Å². The molecule has 0 radical (unpaired) electrons. The molecule has 1 aliphatic rings. The summed E-state index contributed by atoms with van der Waals surface area (Å²) in [5, 5.41) is 7.87. The van der Waals surface area contributed by atoms with Crippen LogP contribution in [0.25, 0.3) is 10.9 Å². The van der Waals surface area contributed by atoms with E-state index in [9.17, 15) is 4.79 Å². The molecule has 162 valence electrons. The van der Waals surface area contributed by atoms with E-state index in [1.54, 1.807) is 12.1 Å². The number of para-hydroxylation sites is 1. The molecule has 0 bridgehead atoms. The van der Waals surface area contributed by atoms with Crippen molar-refractivity contribution in [3.63, 3.8) is 0 Å². The molecule has 0 spiro atoms. The Morgan fingerprint density at radius 1 is 1.00 bits per heavy atom. The van der Waals surface area contributed by atoms with Crippen LogP contribution in [-0.4, -0.2) is 29.0 Å². The maximum Gasteiger partial charge on any atom is 0.252 e. The number of nitrogens with one attached hydrogen (secondary N) is 3. The van der Waals surface area contributed by atoms with Gasteiger partial charge in [0.05, 0.1) is 11.1 Å². The lowest BCUT2D eigenvalue weighted by Gasteiger charge is -2.21. The number of carbonyl (C=O) groups is 1. The zero-order chi connectivity index (χ0) is 21.5. The van der Waals surface area contributed by atoms with E-state index in [1.807, 2.05) is 0 Å². The van der Waals surface area contributed by atoms with Gasteiger partial charge in [0.15, 0.2) is 0 Å². The molecule has 4 rings (SSSR count). The van der Waals surface area contributed by atoms with Crippen molar-refractivity contribution >= 4 is 28.3 Å². The van der Waals surface area contributed by atoms with Crippen LogP contribution in [-0.2, 0) is 12.8 Å². The van der Waals surface area contributed by atoms with E-state index >= 15 is 0 Å². The van der Waals surface area contributed by atoms with E-state index in [-0.39, 0.29) is 5.91 Å². The van der Waals surface area contributed by atoms with Crippen LogP contribution >= 0.6 is 0 Å². The van der Waals surface area contributed by atoms with Crippen molar-refractivity contribution in [3.05, 3.63) is 59.4 Å². The number of fused-ring (bicyclic) bond motifs is 2. The third-order valence-electron chi connectivity index (χ3n) is 5.78. The van der Waals surface area contributed by atoms with Gasteiger partial charge in [0, 0.05) is 36.1 Å². The monoisotopic (exact) mass is 418 g/mol. The van der Waals surface area contributed by atoms with E-state index in [0.29, 0.717) is 17.9 Å². The standard InChI is InChI=1S/C24H30N6O/c25-30-22-13-12-17(16-28-22)24(31)27-15-7-1-6-14-26-23-18-8-2-4-10-20(18)29-21-11-5-3-9-19(21)23/h2,4,8,10,12-13,16H,1,3,5-7,9,11,14-15,25H2,(H,26,29)(H,27,31)(H,28,30). The van der Waals surface area contributed by atoms with Gasteiger partial charge in [-0.15, -0.1) is 0 Å². The van der Waals surface area contributed by atoms with Gasteiger partial charge in [0.2, 0.25) is 0 Å². The number of hydrogen-bond acceptors (Lipinski definition) is 6. The van der Waals surface area contributed by atoms with Crippen LogP contribution in [0.15, 0.2) is 42.6 Å². The molecule has 0 atom stereocenters. The fraction of sp³-hybridized carbons (Fsp3) is 0.375. The highest BCUT2D eigenvalue weighted by molar-refractivity contribution is 5.94. The Balaban J connectivity index is 1.24. The van der Waals surface area contributed by atoms with Gasteiger partial charge >= 0.3 is 0 Å². The number of nitrogens with two attached hydrogens (primary N) is 1. The molecule has 31 heavy (non-hydrogen) atoms. The minimum Gasteiger partial charge on any atom is -0.384 e. The number of pyridine rings is 2. The summed E-state index contributed by atoms with van der Waals surface area (Å²) in [5.74, 6) is 5.72. The number of anilines is 2. The maximum absolute atomic E-state index is 12.2. The molecule has 1 aromatic carbocycles. The molecule has 7 nitrogen and oxygen atoms in total. The second-order valence-electron chi connectivity index (χ2n) is 7.96. The van der Waals surface area contributed by atoms with E-state index in [4.69, 9.17) is 10.8 Å². The lowest BCUT2D eigenvalue weighted by Crippen LogP contribution is -2.24. The van der Waals surface area contributed by atoms with Crippen molar-refractivity contribution in [2.24, 2.45) is 5.84 Å². The molecular formula is C24H30N6O. The first-order valence-electron chi connectivity index (χ1n) is 11.1. The Morgan fingerprint density at radius 3 is 2.68 bits per heavy atom. The number of nitrogen functional groups attached to an aromatic ring is 1. The molecule has 0 aliphatic heterocycles. The second kappa shape index (κ2) is 10.2. The fourth-order valence-corrected chi connectivity index (χ4v) is 4.13. The number of benzene rings is 1. The van der Waals surface area contributed by atoms with Crippen LogP contribution in [0.2, 0.25) is 0 Å². The molecule has 2 heterocycles. The number of amides is 1. The Kier molecular flexibility index (Phi) is 6.94. The number of aryl methyl sites for hydroxylation is 1. The number of nitrogens with zero attached hydrogens (tertiary/aromatic N) is 2. The number of carbonyl (C=O) groups excluding carboxylic acids is 1. The smallest absolute Gasteiger partial charge is 0.252 e. The summed E-state index contributed by atoms with van der Waals surface area (Å²) in [6.07, 6.45) is 9.23. The highest BCUT2D eigenvalue weighted by Gasteiger charge is 2.17. The van der Waals surface area contributed by atoms with Crippen molar-refractivity contribution in [1.29, 1.82) is 0 Å². The van der Waals surface area contributed by atoms with Crippen LogP contribution in [0.1, 0.15) is 53.7 Å². The summed E-state index contributed by atoms with van der Waals surface area (Å²) in [6.45, 7) is 1.58. The lowest BCUT2D eigenvalue weighted by atomic mass is 9.92. The highest BCUT2D eigenvalue weighted by atomic mass is 16.1. The summed E-state index contributed by atoms with van der Waals surface area (Å²) < 4.78 is 0. The maximum atomic E-state index is 12.2. The molecule has 3 aromatic rings. The third-order valence-corrected chi connectivity index (χ3v) is 5.78. The number of hydrazine groups is 1. The minimum atomic E-state index is -0.107. The molecule has 1 amide bonds. The van der Waals surface area contributed by atoms with Gasteiger partial charge in [0.25, 0.3) is 5.91 Å². The molecule has 1 aliphatic carbocycles. The summed E-state index contributed by atoms with van der Waals surface area (Å²) >= 11 is 0. The van der Waals surface area contributed by atoms with Crippen LogP contribution in [0.4, 0.5) is 11.5 Å². The molecule has 0 saturated carbocycles. The minimum absolute atomic E-state index is 0.107. The number of aromatic nitrogens is 2. The van der Waals surface area contributed by atoms with Gasteiger partial charge in [-0.2, -0.15) is 0 Å². The van der Waals surface area contributed by atoms with Gasteiger partial charge in [-0.1, -0.05) is 18.2 Å². The zero-order valence-electron chi connectivity index (χ0n) is 17.8. The highest BCUT2D eigenvalue weighted by Crippen LogP contribution is 2.33. The van der Waals surface area contributed by atoms with Crippen molar-refractivity contribution < 1.29 is 4.79 Å². The molecule has 0 fully saturated rings. The number of rotatable bonds is 9. The summed E-state index contributed by atoms with van der Waals surface area (Å²) in [5.41, 5.74) is 8.01. The summed E-state index contributed by atoms with van der Waals surface area (Å²) in [6, 6.07) is 11.8. The zero-order valence-corrected chi connectivity index (χ0v) is 17.8. The van der Waals surface area contributed by atoms with Crippen LogP contribution in [0, 0.1) is 0 Å². The summed E-state index contributed by atoms with van der Waals surface area (Å²) in [4.78, 5) is 21.1. The Hall–Kier alpha value is -3.19. The van der Waals surface area contributed by atoms with Gasteiger partial charge in [-0.3, -0.25) is 9.78 Å². The number of unbranched alkanes of at least 4 members (excludes halogenated alkanes) is 2. The first-order chi connectivity index (χ1) is 15.3. The van der Waals surface area contributed by atoms with Crippen LogP contribution < -0.4 is 21.9 Å². The Bertz CT molecular complexity index is 1030. The van der Waals surface area contributed by atoms with Crippen molar-refractivity contribution in [2.45, 2.75) is 44.9 Å². The third kappa shape index (κ3) is 5.11. The number of hydrogen-bond donors (Lipinski definition) is 4. The van der Waals surface area contributed by atoms with E-state index in [2.05, 4.69) is 45.3 Å².